The summed E-state index contributed by atoms with van der Waals surface area (Å²) in [5.41, 5.74) is 0.714. The third kappa shape index (κ3) is 2.87. The first-order valence-electron chi connectivity index (χ1n) is 5.82. The van der Waals surface area contributed by atoms with Crippen LogP contribution in [0, 0.1) is 0 Å². The van der Waals surface area contributed by atoms with Crippen LogP contribution in [-0.2, 0) is 0 Å². The Hall–Kier alpha value is -2.81. The summed E-state index contributed by atoms with van der Waals surface area (Å²) in [5.74, 6) is -1.11. The minimum absolute atomic E-state index is 0.0776. The molecule has 3 rings (SSSR count). The van der Waals surface area contributed by atoms with E-state index in [9.17, 15) is 4.79 Å². The molecular weight excluding hydrogens is 292 g/mol. The largest absolute Gasteiger partial charge is 0.477 e. The first-order valence-corrected chi connectivity index (χ1v) is 6.64. The molecule has 104 valence electrons. The number of tetrazole rings is 1. The van der Waals surface area contributed by atoms with Crippen LogP contribution in [0.25, 0.3) is 5.69 Å². The number of aromatic nitrogens is 6. The van der Waals surface area contributed by atoms with E-state index in [1.807, 2.05) is 30.3 Å². The van der Waals surface area contributed by atoms with Crippen molar-refractivity contribution in [3.63, 3.8) is 0 Å². The van der Waals surface area contributed by atoms with E-state index in [2.05, 4.69) is 25.5 Å². The van der Waals surface area contributed by atoms with E-state index in [-0.39, 0.29) is 10.9 Å². The van der Waals surface area contributed by atoms with Crippen LogP contribution in [0.3, 0.4) is 0 Å². The maximum atomic E-state index is 10.9. The summed E-state index contributed by atoms with van der Waals surface area (Å²) in [5, 5.41) is 21.1. The van der Waals surface area contributed by atoms with E-state index >= 15 is 0 Å². The Morgan fingerprint density at radius 3 is 2.76 bits per heavy atom. The molecule has 0 saturated carbocycles. The monoisotopic (exact) mass is 300 g/mol. The van der Waals surface area contributed by atoms with Gasteiger partial charge in [-0.1, -0.05) is 18.2 Å². The second-order valence-corrected chi connectivity index (χ2v) is 4.77. The van der Waals surface area contributed by atoms with Gasteiger partial charge in [-0.05, 0) is 40.4 Å². The molecule has 8 nitrogen and oxygen atoms in total. The Balaban J connectivity index is 1.92. The highest BCUT2D eigenvalue weighted by atomic mass is 32.2. The molecule has 1 N–H and O–H groups in total. The number of carboxylic acids is 1. The number of para-hydroxylation sites is 1. The molecule has 0 radical (unpaired) electrons. The highest BCUT2D eigenvalue weighted by molar-refractivity contribution is 7.99. The molecule has 0 saturated heterocycles. The van der Waals surface area contributed by atoms with Crippen LogP contribution in [0.4, 0.5) is 0 Å². The molecule has 0 atom stereocenters. The van der Waals surface area contributed by atoms with Gasteiger partial charge in [0.05, 0.1) is 5.69 Å². The normalized spacial score (nSPS) is 10.5. The van der Waals surface area contributed by atoms with Gasteiger partial charge < -0.3 is 5.11 Å². The highest BCUT2D eigenvalue weighted by Crippen LogP contribution is 2.23. The highest BCUT2D eigenvalue weighted by Gasteiger charge is 2.13. The zero-order valence-electron chi connectivity index (χ0n) is 10.5. The first kappa shape index (κ1) is 13.2. The smallest absolute Gasteiger partial charge is 0.354 e. The number of carbonyl (C=O) groups is 1. The maximum absolute atomic E-state index is 10.9. The summed E-state index contributed by atoms with van der Waals surface area (Å²) in [6.45, 7) is 0. The number of carboxylic acid groups (broad SMARTS) is 1. The molecule has 21 heavy (non-hydrogen) atoms. The van der Waals surface area contributed by atoms with E-state index in [0.717, 1.165) is 17.4 Å². The van der Waals surface area contributed by atoms with Gasteiger partial charge in [0.15, 0.2) is 10.9 Å². The molecule has 2 heterocycles. The van der Waals surface area contributed by atoms with Gasteiger partial charge in [0.2, 0.25) is 5.16 Å². The fourth-order valence-corrected chi connectivity index (χ4v) is 2.29. The standard InChI is InChI=1S/C12H8N6O2S/c19-10(20)9-6-7-13-11(14-9)21-12-15-16-17-18(12)8-4-2-1-3-5-8/h1-7H,(H,19,20). The fraction of sp³-hybridized carbons (Fsp3) is 0. The van der Waals surface area contributed by atoms with Crippen LogP contribution in [0.2, 0.25) is 0 Å². The van der Waals surface area contributed by atoms with Gasteiger partial charge in [-0.3, -0.25) is 0 Å². The summed E-state index contributed by atoms with van der Waals surface area (Å²) in [6, 6.07) is 10.7. The lowest BCUT2D eigenvalue weighted by Crippen LogP contribution is -2.03. The molecule has 1 aromatic carbocycles. The number of benzene rings is 1. The van der Waals surface area contributed by atoms with Gasteiger partial charge in [0.25, 0.3) is 0 Å². The van der Waals surface area contributed by atoms with Gasteiger partial charge in [0.1, 0.15) is 0 Å². The van der Waals surface area contributed by atoms with Gasteiger partial charge in [-0.2, -0.15) is 4.68 Å². The van der Waals surface area contributed by atoms with E-state index in [0.29, 0.717) is 5.16 Å². The predicted octanol–water partition coefficient (Wildman–Crippen LogP) is 1.30. The van der Waals surface area contributed by atoms with E-state index < -0.39 is 5.97 Å². The van der Waals surface area contributed by atoms with Gasteiger partial charge in [0, 0.05) is 6.20 Å². The van der Waals surface area contributed by atoms with Crippen LogP contribution in [-0.4, -0.2) is 41.3 Å². The number of aromatic carboxylic acids is 1. The summed E-state index contributed by atoms with van der Waals surface area (Å²) in [4.78, 5) is 18.8. The van der Waals surface area contributed by atoms with Crippen molar-refractivity contribution in [2.45, 2.75) is 10.3 Å². The minimum Gasteiger partial charge on any atom is -0.477 e. The van der Waals surface area contributed by atoms with Crippen LogP contribution in [0.5, 0.6) is 0 Å². The summed E-state index contributed by atoms with van der Waals surface area (Å²) < 4.78 is 1.53. The molecule has 0 unspecified atom stereocenters. The average Bonchev–Trinajstić information content (AvgIpc) is 2.96. The van der Waals surface area contributed by atoms with Crippen LogP contribution < -0.4 is 0 Å². The molecule has 0 aliphatic rings. The fourth-order valence-electron chi connectivity index (χ4n) is 1.56. The SMILES string of the molecule is O=C(O)c1ccnc(Sc2nnnn2-c2ccccc2)n1. The molecule has 0 spiro atoms. The quantitative estimate of drug-likeness (QED) is 0.718. The third-order valence-corrected chi connectivity index (χ3v) is 3.29. The molecule has 0 aliphatic carbocycles. The molecule has 2 aromatic heterocycles. The van der Waals surface area contributed by atoms with Crippen molar-refractivity contribution in [2.75, 3.05) is 0 Å². The maximum Gasteiger partial charge on any atom is 0.354 e. The van der Waals surface area contributed by atoms with Crippen LogP contribution >= 0.6 is 11.8 Å². The Labute approximate surface area is 122 Å². The van der Waals surface area contributed by atoms with Crippen molar-refractivity contribution in [3.8, 4) is 5.69 Å². The lowest BCUT2D eigenvalue weighted by atomic mass is 10.3. The Bertz CT molecular complexity index is 776. The summed E-state index contributed by atoms with van der Waals surface area (Å²) >= 11 is 1.09. The summed E-state index contributed by atoms with van der Waals surface area (Å²) in [7, 11) is 0. The van der Waals surface area contributed by atoms with Crippen molar-refractivity contribution in [2.24, 2.45) is 0 Å². The zero-order chi connectivity index (χ0) is 14.7. The van der Waals surface area contributed by atoms with Crippen molar-refractivity contribution >= 4 is 17.7 Å². The molecule has 0 fully saturated rings. The van der Waals surface area contributed by atoms with Gasteiger partial charge in [-0.25, -0.2) is 14.8 Å². The second-order valence-electron chi connectivity index (χ2n) is 3.84. The van der Waals surface area contributed by atoms with Crippen LogP contribution in [0.15, 0.2) is 52.9 Å². The third-order valence-electron chi connectivity index (χ3n) is 2.48. The zero-order valence-corrected chi connectivity index (χ0v) is 11.3. The van der Waals surface area contributed by atoms with E-state index in [1.165, 1.54) is 16.9 Å². The van der Waals surface area contributed by atoms with Crippen LogP contribution in [0.1, 0.15) is 10.5 Å². The summed E-state index contributed by atoms with van der Waals surface area (Å²) in [6.07, 6.45) is 1.38. The number of hydrogen-bond acceptors (Lipinski definition) is 7. The first-order chi connectivity index (χ1) is 10.2. The molecule has 0 amide bonds. The molecular formula is C12H8N6O2S. The lowest BCUT2D eigenvalue weighted by molar-refractivity contribution is 0.0689. The van der Waals surface area contributed by atoms with Gasteiger partial charge in [-0.15, -0.1) is 5.10 Å². The Morgan fingerprint density at radius 1 is 1.19 bits per heavy atom. The van der Waals surface area contributed by atoms with Crippen molar-refractivity contribution in [1.82, 2.24) is 30.2 Å². The topological polar surface area (TPSA) is 107 Å². The Morgan fingerprint density at radius 2 is 2.00 bits per heavy atom. The Kier molecular flexibility index (Phi) is 3.56. The number of hydrogen-bond donors (Lipinski definition) is 1. The number of nitrogens with zero attached hydrogens (tertiary/aromatic N) is 6. The van der Waals surface area contributed by atoms with Crippen molar-refractivity contribution in [1.29, 1.82) is 0 Å². The second kappa shape index (κ2) is 5.67. The lowest BCUT2D eigenvalue weighted by Gasteiger charge is -2.03. The number of rotatable bonds is 4. The molecule has 3 aromatic rings. The van der Waals surface area contributed by atoms with Gasteiger partial charge >= 0.3 is 5.97 Å². The minimum atomic E-state index is -1.11. The van der Waals surface area contributed by atoms with E-state index in [1.54, 1.807) is 0 Å². The van der Waals surface area contributed by atoms with Crippen molar-refractivity contribution < 1.29 is 9.90 Å². The van der Waals surface area contributed by atoms with Crippen molar-refractivity contribution in [3.05, 3.63) is 48.3 Å². The molecule has 0 aliphatic heterocycles. The van der Waals surface area contributed by atoms with E-state index in [4.69, 9.17) is 5.11 Å². The predicted molar refractivity (Wildman–Crippen MR) is 72.3 cm³/mol. The molecule has 9 heteroatoms. The average molecular weight is 300 g/mol. The molecule has 0 bridgehead atoms.